The van der Waals surface area contributed by atoms with Gasteiger partial charge in [-0.1, -0.05) is 17.7 Å². The van der Waals surface area contributed by atoms with Crippen LogP contribution in [0.4, 0.5) is 0 Å². The SMILES string of the molecule is NC(c1cc(Cl)ccc1I)C1CCCc2cccnc21. The van der Waals surface area contributed by atoms with Crippen LogP contribution in [0.2, 0.25) is 5.02 Å². The van der Waals surface area contributed by atoms with Crippen molar-refractivity contribution < 1.29 is 0 Å². The van der Waals surface area contributed by atoms with Gasteiger partial charge < -0.3 is 5.73 Å². The number of nitrogens with zero attached hydrogens (tertiary/aromatic N) is 1. The van der Waals surface area contributed by atoms with E-state index in [2.05, 4.69) is 33.6 Å². The third-order valence-corrected chi connectivity index (χ3v) is 5.21. The molecule has 2 atom stereocenters. The Morgan fingerprint density at radius 1 is 1.35 bits per heavy atom. The smallest absolute Gasteiger partial charge is 0.0485 e. The molecule has 1 aromatic carbocycles. The van der Waals surface area contributed by atoms with Crippen molar-refractivity contribution in [2.24, 2.45) is 5.73 Å². The van der Waals surface area contributed by atoms with Crippen molar-refractivity contribution in [3.63, 3.8) is 0 Å². The van der Waals surface area contributed by atoms with Crippen LogP contribution in [-0.2, 0) is 6.42 Å². The van der Waals surface area contributed by atoms with Gasteiger partial charge in [-0.25, -0.2) is 0 Å². The fraction of sp³-hybridized carbons (Fsp3) is 0.312. The molecule has 0 bridgehead atoms. The molecule has 2 nitrogen and oxygen atoms in total. The van der Waals surface area contributed by atoms with Crippen molar-refractivity contribution in [1.29, 1.82) is 0 Å². The number of hydrogen-bond acceptors (Lipinski definition) is 2. The van der Waals surface area contributed by atoms with E-state index in [-0.39, 0.29) is 12.0 Å². The van der Waals surface area contributed by atoms with Crippen LogP contribution in [0.1, 0.15) is 41.6 Å². The molecule has 0 saturated heterocycles. The lowest BCUT2D eigenvalue weighted by molar-refractivity contribution is 0.462. The number of benzene rings is 1. The molecule has 0 spiro atoms. The molecule has 1 aromatic heterocycles. The largest absolute Gasteiger partial charge is 0.323 e. The van der Waals surface area contributed by atoms with Gasteiger partial charge in [-0.05, 0) is 77.2 Å². The van der Waals surface area contributed by atoms with Crippen molar-refractivity contribution in [2.75, 3.05) is 0 Å². The van der Waals surface area contributed by atoms with Crippen LogP contribution in [0, 0.1) is 3.57 Å². The minimum atomic E-state index is -0.0467. The van der Waals surface area contributed by atoms with Gasteiger partial charge in [0.25, 0.3) is 0 Å². The number of hydrogen-bond donors (Lipinski definition) is 1. The molecular weight excluding hydrogens is 383 g/mol. The van der Waals surface area contributed by atoms with Crippen molar-refractivity contribution in [1.82, 2.24) is 4.98 Å². The van der Waals surface area contributed by atoms with Gasteiger partial charge in [0.2, 0.25) is 0 Å². The van der Waals surface area contributed by atoms with Crippen LogP contribution in [0.25, 0.3) is 0 Å². The van der Waals surface area contributed by atoms with E-state index < -0.39 is 0 Å². The maximum absolute atomic E-state index is 6.55. The molecule has 4 heteroatoms. The first-order chi connectivity index (χ1) is 9.66. The van der Waals surface area contributed by atoms with Gasteiger partial charge >= 0.3 is 0 Å². The molecule has 1 aliphatic carbocycles. The molecular formula is C16H16ClIN2. The van der Waals surface area contributed by atoms with Gasteiger partial charge in [-0.3, -0.25) is 4.98 Å². The third kappa shape index (κ3) is 2.71. The molecule has 2 unspecified atom stereocenters. The Labute approximate surface area is 137 Å². The summed E-state index contributed by atoms with van der Waals surface area (Å²) in [5.41, 5.74) is 10.2. The molecule has 3 rings (SSSR count). The molecule has 2 N–H and O–H groups in total. The number of rotatable bonds is 2. The Kier molecular flexibility index (Phi) is 4.29. The quantitative estimate of drug-likeness (QED) is 0.759. The number of nitrogens with two attached hydrogens (primary N) is 1. The average Bonchev–Trinajstić information content (AvgIpc) is 2.48. The predicted octanol–water partition coefficient (Wildman–Crippen LogP) is 4.46. The monoisotopic (exact) mass is 398 g/mol. The number of aromatic nitrogens is 1. The van der Waals surface area contributed by atoms with Crippen molar-refractivity contribution in [2.45, 2.75) is 31.2 Å². The Morgan fingerprint density at radius 3 is 3.05 bits per heavy atom. The van der Waals surface area contributed by atoms with E-state index in [9.17, 15) is 0 Å². The summed E-state index contributed by atoms with van der Waals surface area (Å²) in [5, 5.41) is 0.743. The Bertz CT molecular complexity index is 630. The Balaban J connectivity index is 1.99. The second-order valence-corrected chi connectivity index (χ2v) is 6.84. The van der Waals surface area contributed by atoms with Gasteiger partial charge in [0.15, 0.2) is 0 Å². The molecule has 0 fully saturated rings. The number of fused-ring (bicyclic) bond motifs is 1. The van der Waals surface area contributed by atoms with Crippen LogP contribution < -0.4 is 5.73 Å². The summed E-state index contributed by atoms with van der Waals surface area (Å²) in [6, 6.07) is 10.1. The molecule has 0 amide bonds. The zero-order chi connectivity index (χ0) is 14.1. The van der Waals surface area contributed by atoms with E-state index >= 15 is 0 Å². The first kappa shape index (κ1) is 14.3. The van der Waals surface area contributed by atoms with Gasteiger partial charge in [-0.2, -0.15) is 0 Å². The van der Waals surface area contributed by atoms with Gasteiger partial charge in [0, 0.05) is 32.4 Å². The van der Waals surface area contributed by atoms with Crippen molar-refractivity contribution in [3.8, 4) is 0 Å². The average molecular weight is 399 g/mol. The highest BCUT2D eigenvalue weighted by Gasteiger charge is 2.28. The summed E-state index contributed by atoms with van der Waals surface area (Å²) in [7, 11) is 0. The van der Waals surface area contributed by atoms with Crippen LogP contribution in [-0.4, -0.2) is 4.98 Å². The highest BCUT2D eigenvalue weighted by Crippen LogP contribution is 2.39. The minimum Gasteiger partial charge on any atom is -0.323 e. The van der Waals surface area contributed by atoms with Gasteiger partial charge in [0.05, 0.1) is 0 Å². The Hall–Kier alpha value is -0.650. The van der Waals surface area contributed by atoms with E-state index in [0.717, 1.165) is 23.4 Å². The summed E-state index contributed by atoms with van der Waals surface area (Å²) in [4.78, 5) is 4.58. The maximum atomic E-state index is 6.55. The van der Waals surface area contributed by atoms with Gasteiger partial charge in [-0.15, -0.1) is 0 Å². The highest BCUT2D eigenvalue weighted by atomic mass is 127. The molecule has 0 radical (unpaired) electrons. The lowest BCUT2D eigenvalue weighted by Crippen LogP contribution is -2.25. The standard InChI is InChI=1S/C16H16ClIN2/c17-11-6-7-14(18)13(9-11)15(19)12-5-1-3-10-4-2-8-20-16(10)12/h2,4,6-9,12,15H,1,3,5,19H2. The van der Waals surface area contributed by atoms with Gasteiger partial charge in [0.1, 0.15) is 0 Å². The summed E-state index contributed by atoms with van der Waals surface area (Å²) in [6.07, 6.45) is 5.24. The van der Waals surface area contributed by atoms with Crippen LogP contribution >= 0.6 is 34.2 Å². The van der Waals surface area contributed by atoms with E-state index in [1.54, 1.807) is 0 Å². The topological polar surface area (TPSA) is 38.9 Å². The van der Waals surface area contributed by atoms with Crippen LogP contribution in [0.3, 0.4) is 0 Å². The molecule has 1 aliphatic rings. The minimum absolute atomic E-state index is 0.0467. The predicted molar refractivity (Wildman–Crippen MR) is 91.0 cm³/mol. The lowest BCUT2D eigenvalue weighted by Gasteiger charge is -2.30. The third-order valence-electron chi connectivity index (χ3n) is 3.99. The zero-order valence-corrected chi connectivity index (χ0v) is 13.9. The number of halogens is 2. The first-order valence-electron chi connectivity index (χ1n) is 6.81. The number of aryl methyl sites for hydroxylation is 1. The summed E-state index contributed by atoms with van der Waals surface area (Å²) >= 11 is 8.45. The Morgan fingerprint density at radius 2 is 2.20 bits per heavy atom. The van der Waals surface area contributed by atoms with E-state index in [1.807, 2.05) is 30.5 Å². The molecule has 1 heterocycles. The fourth-order valence-corrected chi connectivity index (χ4v) is 3.86. The molecule has 0 saturated carbocycles. The molecule has 20 heavy (non-hydrogen) atoms. The lowest BCUT2D eigenvalue weighted by atomic mass is 9.80. The maximum Gasteiger partial charge on any atom is 0.0485 e. The number of pyridine rings is 1. The van der Waals surface area contributed by atoms with Crippen LogP contribution in [0.15, 0.2) is 36.5 Å². The summed E-state index contributed by atoms with van der Waals surface area (Å²) in [6.45, 7) is 0. The first-order valence-corrected chi connectivity index (χ1v) is 8.27. The van der Waals surface area contributed by atoms with E-state index in [4.69, 9.17) is 17.3 Å². The fourth-order valence-electron chi connectivity index (χ4n) is 2.98. The van der Waals surface area contributed by atoms with E-state index in [0.29, 0.717) is 0 Å². The normalized spacial score (nSPS) is 19.4. The molecule has 2 aromatic rings. The molecule has 0 aliphatic heterocycles. The highest BCUT2D eigenvalue weighted by molar-refractivity contribution is 14.1. The van der Waals surface area contributed by atoms with E-state index in [1.165, 1.54) is 21.2 Å². The second-order valence-electron chi connectivity index (χ2n) is 5.24. The second kappa shape index (κ2) is 6.00. The molecule has 104 valence electrons. The summed E-state index contributed by atoms with van der Waals surface area (Å²) in [5.74, 6) is 0.284. The zero-order valence-electron chi connectivity index (χ0n) is 11.0. The summed E-state index contributed by atoms with van der Waals surface area (Å²) < 4.78 is 1.17. The van der Waals surface area contributed by atoms with Crippen LogP contribution in [0.5, 0.6) is 0 Å². The van der Waals surface area contributed by atoms with Crippen molar-refractivity contribution >= 4 is 34.2 Å². The van der Waals surface area contributed by atoms with Crippen molar-refractivity contribution in [3.05, 3.63) is 61.9 Å².